The molecule has 0 bridgehead atoms. The van der Waals surface area contributed by atoms with Crippen molar-refractivity contribution in [2.45, 2.75) is 32.2 Å². The number of pyridine rings is 1. The number of Topliss-reactive ketones (excluding diaryl/α,β-unsaturated/α-hetero) is 1. The Kier molecular flexibility index (Phi) is 2.02. The topological polar surface area (TPSA) is 54.9 Å². The van der Waals surface area contributed by atoms with Gasteiger partial charge in [0.15, 0.2) is 5.78 Å². The molecular weight excluding hydrogens is 216 g/mol. The molecule has 4 heteroatoms. The van der Waals surface area contributed by atoms with Crippen LogP contribution in [0.3, 0.4) is 0 Å². The smallest absolute Gasteiger partial charge is 0.275 e. The van der Waals surface area contributed by atoms with Gasteiger partial charge in [-0.3, -0.25) is 9.59 Å². The highest BCUT2D eigenvalue weighted by molar-refractivity contribution is 5.83. The second kappa shape index (κ2) is 3.32. The molecule has 3 rings (SSSR count). The van der Waals surface area contributed by atoms with E-state index in [0.29, 0.717) is 5.52 Å². The third-order valence-electron chi connectivity index (χ3n) is 3.66. The van der Waals surface area contributed by atoms with Crippen molar-refractivity contribution < 1.29 is 4.79 Å². The first-order chi connectivity index (χ1) is 8.09. The van der Waals surface area contributed by atoms with Crippen molar-refractivity contribution >= 4 is 16.7 Å². The maximum absolute atomic E-state index is 12.3. The maximum Gasteiger partial charge on any atom is 0.275 e. The van der Waals surface area contributed by atoms with Crippen LogP contribution in [-0.4, -0.2) is 15.3 Å². The molecule has 0 fully saturated rings. The molecule has 4 nitrogen and oxygen atoms in total. The second-order valence-electron chi connectivity index (χ2n) is 4.82. The summed E-state index contributed by atoms with van der Waals surface area (Å²) in [6, 6.07) is 3.62. The largest absolute Gasteiger partial charge is 0.357 e. The molecule has 2 aromatic rings. The van der Waals surface area contributed by atoms with Crippen LogP contribution in [0.25, 0.3) is 10.9 Å². The summed E-state index contributed by atoms with van der Waals surface area (Å²) in [5.41, 5.74) is 1.49. The van der Waals surface area contributed by atoms with E-state index in [-0.39, 0.29) is 23.3 Å². The summed E-state index contributed by atoms with van der Waals surface area (Å²) in [4.78, 5) is 26.9. The summed E-state index contributed by atoms with van der Waals surface area (Å²) >= 11 is 0. The van der Waals surface area contributed by atoms with Crippen molar-refractivity contribution in [2.24, 2.45) is 0 Å². The summed E-state index contributed by atoms with van der Waals surface area (Å²) < 4.78 is 1.66. The van der Waals surface area contributed by atoms with E-state index in [2.05, 4.69) is 11.9 Å². The number of carbonyl (C=O) groups excluding carboxylic acids is 1. The van der Waals surface area contributed by atoms with Crippen molar-refractivity contribution in [2.75, 3.05) is 0 Å². The summed E-state index contributed by atoms with van der Waals surface area (Å²) in [6.07, 6.45) is 2.49. The molecule has 0 aliphatic carbocycles. The van der Waals surface area contributed by atoms with Crippen molar-refractivity contribution in [3.05, 3.63) is 34.4 Å². The third-order valence-corrected chi connectivity index (χ3v) is 3.66. The average molecular weight is 230 g/mol. The first kappa shape index (κ1) is 10.3. The Morgan fingerprint density at radius 2 is 2.29 bits per heavy atom. The molecule has 2 unspecified atom stereocenters. The lowest BCUT2D eigenvalue weighted by atomic mass is 10.0. The minimum Gasteiger partial charge on any atom is -0.357 e. The van der Waals surface area contributed by atoms with Crippen LogP contribution >= 0.6 is 0 Å². The monoisotopic (exact) mass is 230 g/mol. The number of rotatable bonds is 1. The first-order valence-corrected chi connectivity index (χ1v) is 5.82. The highest BCUT2D eigenvalue weighted by Crippen LogP contribution is 2.35. The van der Waals surface area contributed by atoms with E-state index >= 15 is 0 Å². The number of aromatic nitrogens is 2. The molecule has 2 atom stereocenters. The molecule has 0 radical (unpaired) electrons. The normalized spacial score (nSPS) is 22.9. The van der Waals surface area contributed by atoms with Gasteiger partial charge < -0.3 is 9.55 Å². The summed E-state index contributed by atoms with van der Waals surface area (Å²) in [6.45, 7) is 3.62. The Morgan fingerprint density at radius 3 is 3.00 bits per heavy atom. The van der Waals surface area contributed by atoms with Crippen LogP contribution in [-0.2, 0) is 4.79 Å². The fourth-order valence-corrected chi connectivity index (χ4v) is 2.76. The van der Waals surface area contributed by atoms with E-state index in [1.165, 1.54) is 0 Å². The van der Waals surface area contributed by atoms with Gasteiger partial charge in [0.05, 0.1) is 6.04 Å². The molecular formula is C13H14N2O2. The third kappa shape index (κ3) is 1.30. The van der Waals surface area contributed by atoms with E-state index < -0.39 is 0 Å². The van der Waals surface area contributed by atoms with Crippen LogP contribution in [0.1, 0.15) is 37.9 Å². The molecule has 0 aromatic carbocycles. The van der Waals surface area contributed by atoms with Gasteiger partial charge in [-0.1, -0.05) is 6.92 Å². The van der Waals surface area contributed by atoms with Gasteiger partial charge in [0.1, 0.15) is 5.52 Å². The lowest BCUT2D eigenvalue weighted by molar-refractivity contribution is -0.120. The fourth-order valence-electron chi connectivity index (χ4n) is 2.76. The number of carbonyl (C=O) groups is 1. The van der Waals surface area contributed by atoms with Crippen LogP contribution in [0.2, 0.25) is 0 Å². The number of nitrogens with one attached hydrogen (secondary N) is 1. The first-order valence-electron chi connectivity index (χ1n) is 5.82. The Morgan fingerprint density at radius 1 is 1.53 bits per heavy atom. The summed E-state index contributed by atoms with van der Waals surface area (Å²) in [7, 11) is 0. The van der Waals surface area contributed by atoms with Gasteiger partial charge >= 0.3 is 0 Å². The Labute approximate surface area is 98.3 Å². The van der Waals surface area contributed by atoms with Gasteiger partial charge in [0, 0.05) is 17.3 Å². The molecule has 1 aliphatic heterocycles. The zero-order valence-electron chi connectivity index (χ0n) is 9.86. The van der Waals surface area contributed by atoms with Gasteiger partial charge in [-0.2, -0.15) is 0 Å². The minimum absolute atomic E-state index is 0.0589. The quantitative estimate of drug-likeness (QED) is 0.814. The zero-order valence-corrected chi connectivity index (χ0v) is 9.86. The second-order valence-corrected chi connectivity index (χ2v) is 4.82. The van der Waals surface area contributed by atoms with E-state index in [4.69, 9.17) is 0 Å². The van der Waals surface area contributed by atoms with Crippen LogP contribution in [0.5, 0.6) is 0 Å². The predicted octanol–water partition coefficient (Wildman–Crippen LogP) is 1.97. The highest BCUT2D eigenvalue weighted by atomic mass is 16.1. The molecule has 1 N–H and O–H groups in total. The van der Waals surface area contributed by atoms with E-state index in [1.54, 1.807) is 17.7 Å². The van der Waals surface area contributed by atoms with E-state index in [0.717, 1.165) is 17.5 Å². The number of nitrogens with zero attached hydrogens (tertiary/aromatic N) is 1. The lowest BCUT2D eigenvalue weighted by Gasteiger charge is -2.10. The van der Waals surface area contributed by atoms with Gasteiger partial charge in [-0.25, -0.2) is 0 Å². The number of fused-ring (bicyclic) bond motifs is 2. The minimum atomic E-state index is -0.291. The standard InChI is InChI=1S/C13H14N2O2/c1-7-5-11(8(2)16)15-10(7)6-9-3-4-14-12(9)13(15)17/h3-4,6-7,11,14H,5H2,1-2H3. The predicted molar refractivity (Wildman–Crippen MR) is 65.3 cm³/mol. The number of aromatic amines is 1. The van der Waals surface area contributed by atoms with Gasteiger partial charge in [0.2, 0.25) is 0 Å². The van der Waals surface area contributed by atoms with E-state index in [9.17, 15) is 9.59 Å². The number of hydrogen-bond donors (Lipinski definition) is 1. The van der Waals surface area contributed by atoms with Crippen LogP contribution in [0.4, 0.5) is 0 Å². The van der Waals surface area contributed by atoms with Gasteiger partial charge in [0.25, 0.3) is 5.56 Å². The van der Waals surface area contributed by atoms with Gasteiger partial charge in [-0.15, -0.1) is 0 Å². The Bertz CT molecular complexity index is 666. The lowest BCUT2D eigenvalue weighted by Crippen LogP contribution is -2.26. The van der Waals surface area contributed by atoms with Gasteiger partial charge in [-0.05, 0) is 31.4 Å². The van der Waals surface area contributed by atoms with Crippen molar-refractivity contribution in [3.8, 4) is 0 Å². The molecule has 1 aliphatic rings. The molecule has 0 saturated carbocycles. The molecule has 0 amide bonds. The van der Waals surface area contributed by atoms with Crippen molar-refractivity contribution in [1.29, 1.82) is 0 Å². The SMILES string of the molecule is CC(=O)C1CC(C)c2cc3cc[nH]c3c(=O)n21. The molecule has 88 valence electrons. The van der Waals surface area contributed by atoms with Crippen LogP contribution in [0.15, 0.2) is 23.1 Å². The molecule has 3 heterocycles. The summed E-state index contributed by atoms with van der Waals surface area (Å²) in [5, 5.41) is 0.928. The number of hydrogen-bond acceptors (Lipinski definition) is 2. The Hall–Kier alpha value is -1.84. The van der Waals surface area contributed by atoms with Crippen molar-refractivity contribution in [3.63, 3.8) is 0 Å². The molecule has 17 heavy (non-hydrogen) atoms. The number of ketones is 1. The summed E-state index contributed by atoms with van der Waals surface area (Å²) in [5.74, 6) is 0.319. The molecule has 0 saturated heterocycles. The Balaban J connectivity index is 2.38. The van der Waals surface area contributed by atoms with E-state index in [1.807, 2.05) is 12.1 Å². The maximum atomic E-state index is 12.3. The van der Waals surface area contributed by atoms with Crippen molar-refractivity contribution in [1.82, 2.24) is 9.55 Å². The molecule has 0 spiro atoms. The fraction of sp³-hybridized carbons (Fsp3) is 0.385. The highest BCUT2D eigenvalue weighted by Gasteiger charge is 2.32. The van der Waals surface area contributed by atoms with Crippen LogP contribution < -0.4 is 5.56 Å². The average Bonchev–Trinajstić information content (AvgIpc) is 2.85. The molecule has 2 aromatic heterocycles. The zero-order chi connectivity index (χ0) is 12.2. The van der Waals surface area contributed by atoms with Crippen LogP contribution in [0, 0.1) is 0 Å². The number of H-pyrrole nitrogens is 1.